The quantitative estimate of drug-likeness (QED) is 0.511. The number of aromatic nitrogens is 1. The topological polar surface area (TPSA) is 109 Å². The number of nitrogens with one attached hydrogen (secondary N) is 3. The third-order valence-electron chi connectivity index (χ3n) is 5.01. The van der Waals surface area contributed by atoms with Crippen LogP contribution in [0.2, 0.25) is 0 Å². The molecule has 32 heavy (non-hydrogen) atoms. The SMILES string of the molecule is CC(C)(C)OC(=O)NS(=O)(=O)Nc1ccc2nc(N[C@@H]3CCc4ccccc43)ccc2c1.[HH]. The number of ether oxygens (including phenoxy) is 1. The molecule has 0 radical (unpaired) electrons. The highest BCUT2D eigenvalue weighted by atomic mass is 32.2. The van der Waals surface area contributed by atoms with Crippen molar-refractivity contribution in [3.63, 3.8) is 0 Å². The van der Waals surface area contributed by atoms with E-state index in [1.807, 2.05) is 22.9 Å². The maximum Gasteiger partial charge on any atom is 0.422 e. The van der Waals surface area contributed by atoms with Gasteiger partial charge in [0.2, 0.25) is 0 Å². The first-order chi connectivity index (χ1) is 15.1. The maximum absolute atomic E-state index is 12.2. The van der Waals surface area contributed by atoms with Gasteiger partial charge in [-0.25, -0.2) is 14.5 Å². The van der Waals surface area contributed by atoms with Crippen molar-refractivity contribution in [2.75, 3.05) is 10.0 Å². The van der Waals surface area contributed by atoms with E-state index < -0.39 is 21.9 Å². The molecular formula is C23H28N4O4S. The van der Waals surface area contributed by atoms with E-state index in [0.717, 1.165) is 29.6 Å². The van der Waals surface area contributed by atoms with Crippen molar-refractivity contribution in [2.45, 2.75) is 45.3 Å². The van der Waals surface area contributed by atoms with Crippen molar-refractivity contribution in [3.8, 4) is 0 Å². The minimum absolute atomic E-state index is 0. The Morgan fingerprint density at radius 3 is 2.69 bits per heavy atom. The summed E-state index contributed by atoms with van der Waals surface area (Å²) < 4.78 is 33.6. The van der Waals surface area contributed by atoms with Gasteiger partial charge in [0, 0.05) is 6.81 Å². The molecule has 1 atom stereocenters. The lowest BCUT2D eigenvalue weighted by molar-refractivity contribution is 0.0570. The summed E-state index contributed by atoms with van der Waals surface area (Å²) in [7, 11) is -4.13. The minimum atomic E-state index is -4.13. The van der Waals surface area contributed by atoms with E-state index in [1.54, 1.807) is 39.0 Å². The normalized spacial score (nSPS) is 15.8. The third kappa shape index (κ3) is 5.28. The Balaban J connectivity index is 0.00000306. The van der Waals surface area contributed by atoms with Crippen molar-refractivity contribution in [2.24, 2.45) is 0 Å². The summed E-state index contributed by atoms with van der Waals surface area (Å²) in [5, 5.41) is 4.26. The molecule has 9 heteroatoms. The molecule has 0 fully saturated rings. The van der Waals surface area contributed by atoms with Crippen LogP contribution in [-0.4, -0.2) is 25.1 Å². The summed E-state index contributed by atoms with van der Waals surface area (Å²) in [5.41, 5.74) is 2.89. The van der Waals surface area contributed by atoms with Crippen LogP contribution in [0.1, 0.15) is 45.8 Å². The van der Waals surface area contributed by atoms with Crippen molar-refractivity contribution in [1.82, 2.24) is 9.71 Å². The second-order valence-corrected chi connectivity index (χ2v) is 10.2. The van der Waals surface area contributed by atoms with Crippen LogP contribution in [0.4, 0.5) is 16.3 Å². The molecular weight excluding hydrogens is 428 g/mol. The molecule has 1 aliphatic rings. The summed E-state index contributed by atoms with van der Waals surface area (Å²) in [6.45, 7) is 4.95. The summed E-state index contributed by atoms with van der Waals surface area (Å²) in [6.07, 6.45) is 1.02. The fourth-order valence-electron chi connectivity index (χ4n) is 3.74. The van der Waals surface area contributed by atoms with Gasteiger partial charge in [-0.15, -0.1) is 0 Å². The first-order valence-electron chi connectivity index (χ1n) is 10.4. The van der Waals surface area contributed by atoms with Gasteiger partial charge in [0.15, 0.2) is 0 Å². The Morgan fingerprint density at radius 2 is 1.91 bits per heavy atom. The van der Waals surface area contributed by atoms with Crippen LogP contribution in [0.5, 0.6) is 0 Å². The van der Waals surface area contributed by atoms with Gasteiger partial charge in [-0.05, 0) is 75.1 Å². The number of benzene rings is 2. The predicted molar refractivity (Wildman–Crippen MR) is 127 cm³/mol. The Hall–Kier alpha value is -3.33. The van der Waals surface area contributed by atoms with Gasteiger partial charge in [0.05, 0.1) is 17.2 Å². The van der Waals surface area contributed by atoms with Crippen LogP contribution < -0.4 is 14.8 Å². The molecule has 1 aromatic heterocycles. The van der Waals surface area contributed by atoms with E-state index >= 15 is 0 Å². The number of aryl methyl sites for hydroxylation is 1. The lowest BCUT2D eigenvalue weighted by atomic mass is 10.1. The first kappa shape index (κ1) is 21.9. The molecule has 0 spiro atoms. The number of carbonyl (C=O) groups is 1. The highest BCUT2D eigenvalue weighted by Crippen LogP contribution is 2.33. The monoisotopic (exact) mass is 456 g/mol. The summed E-state index contributed by atoms with van der Waals surface area (Å²) >= 11 is 0. The Kier molecular flexibility index (Phi) is 5.68. The molecule has 170 valence electrons. The fourth-order valence-corrected chi connectivity index (χ4v) is 4.49. The van der Waals surface area contributed by atoms with Crippen LogP contribution in [0.3, 0.4) is 0 Å². The zero-order valence-corrected chi connectivity index (χ0v) is 19.0. The lowest BCUT2D eigenvalue weighted by Crippen LogP contribution is -2.39. The second kappa shape index (κ2) is 8.31. The van der Waals surface area contributed by atoms with Crippen LogP contribution >= 0.6 is 0 Å². The van der Waals surface area contributed by atoms with E-state index in [0.29, 0.717) is 5.69 Å². The zero-order valence-electron chi connectivity index (χ0n) is 18.2. The van der Waals surface area contributed by atoms with Crippen LogP contribution in [-0.2, 0) is 21.4 Å². The van der Waals surface area contributed by atoms with Crippen molar-refractivity contribution in [3.05, 3.63) is 65.7 Å². The van der Waals surface area contributed by atoms with Gasteiger partial charge in [-0.3, -0.25) is 4.72 Å². The second-order valence-electron chi connectivity index (χ2n) is 8.75. The number of carbonyl (C=O) groups excluding carboxylic acids is 1. The van der Waals surface area contributed by atoms with Gasteiger partial charge >= 0.3 is 16.3 Å². The van der Waals surface area contributed by atoms with Gasteiger partial charge in [0.1, 0.15) is 11.4 Å². The predicted octanol–water partition coefficient (Wildman–Crippen LogP) is 4.76. The van der Waals surface area contributed by atoms with Crippen LogP contribution in [0, 0.1) is 0 Å². The number of anilines is 2. The molecule has 0 saturated carbocycles. The molecule has 0 saturated heterocycles. The summed E-state index contributed by atoms with van der Waals surface area (Å²) in [4.78, 5) is 16.4. The summed E-state index contributed by atoms with van der Waals surface area (Å²) in [5.74, 6) is 0.763. The van der Waals surface area contributed by atoms with E-state index in [2.05, 4.69) is 33.2 Å². The standard InChI is InChI=1S/C23H26N4O4S.H2/c1-23(2,3)31-22(28)27-32(29,30)26-17-10-12-19-16(14-17)9-13-21(24-19)25-20-11-8-15-6-4-5-7-18(15)20;/h4-7,9-10,12-14,20,26H,8,11H2,1-3H3,(H,24,25)(H,27,28);1H/t20-;/m1./s1. The Labute approximate surface area is 189 Å². The Morgan fingerprint density at radius 1 is 1.12 bits per heavy atom. The fraction of sp³-hybridized carbons (Fsp3) is 0.304. The molecule has 1 aliphatic carbocycles. The average Bonchev–Trinajstić information content (AvgIpc) is 3.08. The lowest BCUT2D eigenvalue weighted by Gasteiger charge is -2.19. The molecule has 2 aromatic carbocycles. The highest BCUT2D eigenvalue weighted by Gasteiger charge is 2.23. The number of rotatable bonds is 5. The summed E-state index contributed by atoms with van der Waals surface area (Å²) in [6, 6.07) is 17.4. The largest absolute Gasteiger partial charge is 0.443 e. The highest BCUT2D eigenvalue weighted by molar-refractivity contribution is 7.91. The molecule has 1 heterocycles. The number of nitrogens with zero attached hydrogens (tertiary/aromatic N) is 1. The first-order valence-corrected chi connectivity index (χ1v) is 11.8. The van der Waals surface area contributed by atoms with Crippen LogP contribution in [0.25, 0.3) is 10.9 Å². The molecule has 1 amide bonds. The van der Waals surface area contributed by atoms with E-state index in [4.69, 9.17) is 4.74 Å². The smallest absolute Gasteiger partial charge is 0.422 e. The minimum Gasteiger partial charge on any atom is -0.443 e. The van der Waals surface area contributed by atoms with Crippen LogP contribution in [0.15, 0.2) is 54.6 Å². The van der Waals surface area contributed by atoms with Gasteiger partial charge in [-0.2, -0.15) is 8.42 Å². The van der Waals surface area contributed by atoms with Gasteiger partial charge in [0.25, 0.3) is 0 Å². The number of pyridine rings is 1. The zero-order chi connectivity index (χ0) is 22.9. The molecule has 0 bridgehead atoms. The number of fused-ring (bicyclic) bond motifs is 2. The van der Waals surface area contributed by atoms with Gasteiger partial charge in [-0.1, -0.05) is 24.3 Å². The maximum atomic E-state index is 12.2. The van der Waals surface area contributed by atoms with E-state index in [9.17, 15) is 13.2 Å². The van der Waals surface area contributed by atoms with Crippen molar-refractivity contribution in [1.29, 1.82) is 0 Å². The molecule has 0 aliphatic heterocycles. The van der Waals surface area contributed by atoms with E-state index in [1.165, 1.54) is 11.1 Å². The van der Waals surface area contributed by atoms with Crippen molar-refractivity contribution < 1.29 is 19.4 Å². The van der Waals surface area contributed by atoms with Gasteiger partial charge < -0.3 is 10.1 Å². The van der Waals surface area contributed by atoms with Crippen molar-refractivity contribution >= 4 is 38.7 Å². The molecule has 8 nitrogen and oxygen atoms in total. The number of hydrogen-bond acceptors (Lipinski definition) is 6. The average molecular weight is 457 g/mol. The molecule has 3 N–H and O–H groups in total. The molecule has 4 rings (SSSR count). The molecule has 0 unspecified atom stereocenters. The third-order valence-corrected chi connectivity index (χ3v) is 5.95. The Bertz CT molecular complexity index is 1270. The number of amides is 1. The number of hydrogen-bond donors (Lipinski definition) is 3. The van der Waals surface area contributed by atoms with E-state index in [-0.39, 0.29) is 7.47 Å². The molecule has 3 aromatic rings.